The Morgan fingerprint density at radius 2 is 1.95 bits per heavy atom. The second kappa shape index (κ2) is 7.06. The zero-order chi connectivity index (χ0) is 13.7. The fourth-order valence-electron chi connectivity index (χ4n) is 3.22. The quantitative estimate of drug-likeness (QED) is 0.796. The summed E-state index contributed by atoms with van der Waals surface area (Å²) in [6.07, 6.45) is 3.86. The summed E-state index contributed by atoms with van der Waals surface area (Å²) in [7, 11) is 0. The van der Waals surface area contributed by atoms with Gasteiger partial charge in [-0.15, -0.1) is 0 Å². The fraction of sp³-hybridized carbons (Fsp3) is 0.647. The van der Waals surface area contributed by atoms with Gasteiger partial charge >= 0.3 is 0 Å². The highest BCUT2D eigenvalue weighted by Gasteiger charge is 2.12. The molecule has 106 valence electrons. The molecule has 1 heterocycles. The minimum atomic E-state index is 0.828. The Morgan fingerprint density at radius 1 is 1.21 bits per heavy atom. The van der Waals surface area contributed by atoms with Crippen LogP contribution in [0.1, 0.15) is 35.1 Å². The number of hydrogen-bond acceptors (Lipinski definition) is 2. The van der Waals surface area contributed by atoms with E-state index in [2.05, 4.69) is 43.5 Å². The Morgan fingerprint density at radius 3 is 2.58 bits per heavy atom. The van der Waals surface area contributed by atoms with E-state index < -0.39 is 0 Å². The molecule has 2 N–H and O–H groups in total. The van der Waals surface area contributed by atoms with Gasteiger partial charge in [0, 0.05) is 0 Å². The van der Waals surface area contributed by atoms with E-state index >= 15 is 0 Å². The molecule has 1 aromatic rings. The molecule has 1 aromatic carbocycles. The third-order valence-corrected chi connectivity index (χ3v) is 4.22. The van der Waals surface area contributed by atoms with Crippen molar-refractivity contribution in [2.24, 2.45) is 5.92 Å². The van der Waals surface area contributed by atoms with Gasteiger partial charge in [0.15, 0.2) is 0 Å². The van der Waals surface area contributed by atoms with Crippen LogP contribution in [-0.2, 0) is 6.42 Å². The van der Waals surface area contributed by atoms with Crippen LogP contribution in [0.15, 0.2) is 12.1 Å². The smallest absolute Gasteiger partial charge is 0.000803 e. The molecule has 1 aliphatic rings. The van der Waals surface area contributed by atoms with Gasteiger partial charge in [0.1, 0.15) is 0 Å². The molecular formula is C17H28N2. The predicted molar refractivity (Wildman–Crippen MR) is 82.8 cm³/mol. The Hall–Kier alpha value is -0.860. The van der Waals surface area contributed by atoms with Crippen molar-refractivity contribution in [3.05, 3.63) is 34.4 Å². The second-order valence-electron chi connectivity index (χ2n) is 6.04. The van der Waals surface area contributed by atoms with Crippen molar-refractivity contribution in [1.29, 1.82) is 0 Å². The average molecular weight is 260 g/mol. The molecule has 0 aliphatic carbocycles. The fourth-order valence-corrected chi connectivity index (χ4v) is 3.22. The zero-order valence-corrected chi connectivity index (χ0v) is 12.7. The third-order valence-electron chi connectivity index (χ3n) is 4.22. The molecule has 0 amide bonds. The predicted octanol–water partition coefficient (Wildman–Crippen LogP) is 2.74. The van der Waals surface area contributed by atoms with Gasteiger partial charge in [-0.1, -0.05) is 17.7 Å². The van der Waals surface area contributed by atoms with E-state index in [0.717, 1.165) is 25.4 Å². The van der Waals surface area contributed by atoms with E-state index in [1.807, 2.05) is 0 Å². The number of nitrogens with one attached hydrogen (secondary N) is 2. The van der Waals surface area contributed by atoms with Gasteiger partial charge in [-0.3, -0.25) is 0 Å². The number of hydrogen-bond donors (Lipinski definition) is 2. The van der Waals surface area contributed by atoms with Crippen LogP contribution >= 0.6 is 0 Å². The lowest BCUT2D eigenvalue weighted by atomic mass is 9.97. The normalized spacial score (nSPS) is 19.6. The molecule has 1 fully saturated rings. The van der Waals surface area contributed by atoms with Crippen LogP contribution in [0, 0.1) is 26.7 Å². The van der Waals surface area contributed by atoms with Gasteiger partial charge < -0.3 is 10.6 Å². The van der Waals surface area contributed by atoms with Crippen molar-refractivity contribution in [2.75, 3.05) is 26.2 Å². The van der Waals surface area contributed by atoms with Crippen molar-refractivity contribution >= 4 is 0 Å². The van der Waals surface area contributed by atoms with E-state index in [1.54, 1.807) is 0 Å². The van der Waals surface area contributed by atoms with Crippen molar-refractivity contribution in [3.63, 3.8) is 0 Å². The molecule has 1 atom stereocenters. The summed E-state index contributed by atoms with van der Waals surface area (Å²) < 4.78 is 0. The summed E-state index contributed by atoms with van der Waals surface area (Å²) >= 11 is 0. The minimum Gasteiger partial charge on any atom is -0.316 e. The largest absolute Gasteiger partial charge is 0.316 e. The van der Waals surface area contributed by atoms with E-state index in [9.17, 15) is 0 Å². The Kier molecular flexibility index (Phi) is 5.41. The molecule has 0 spiro atoms. The lowest BCUT2D eigenvalue weighted by molar-refractivity contribution is 0.361. The van der Waals surface area contributed by atoms with Crippen LogP contribution in [0.25, 0.3) is 0 Å². The number of rotatable bonds is 5. The van der Waals surface area contributed by atoms with Crippen molar-refractivity contribution in [1.82, 2.24) is 10.6 Å². The van der Waals surface area contributed by atoms with Crippen LogP contribution in [-0.4, -0.2) is 26.2 Å². The van der Waals surface area contributed by atoms with E-state index in [-0.39, 0.29) is 0 Å². The van der Waals surface area contributed by atoms with Crippen molar-refractivity contribution in [3.8, 4) is 0 Å². The van der Waals surface area contributed by atoms with Crippen LogP contribution in [0.3, 0.4) is 0 Å². The minimum absolute atomic E-state index is 0.828. The maximum absolute atomic E-state index is 3.63. The lowest BCUT2D eigenvalue weighted by Crippen LogP contribution is -2.36. The third kappa shape index (κ3) is 4.32. The summed E-state index contributed by atoms with van der Waals surface area (Å²) in [5, 5.41) is 7.11. The summed E-state index contributed by atoms with van der Waals surface area (Å²) in [6.45, 7) is 11.3. The van der Waals surface area contributed by atoms with Crippen LogP contribution in [0.5, 0.6) is 0 Å². The van der Waals surface area contributed by atoms with Crippen LogP contribution < -0.4 is 10.6 Å². The first-order valence-corrected chi connectivity index (χ1v) is 7.65. The second-order valence-corrected chi connectivity index (χ2v) is 6.04. The molecule has 0 bridgehead atoms. The van der Waals surface area contributed by atoms with Gasteiger partial charge in [0.25, 0.3) is 0 Å². The maximum atomic E-state index is 3.63. The number of benzene rings is 1. The van der Waals surface area contributed by atoms with E-state index in [0.29, 0.717) is 0 Å². The van der Waals surface area contributed by atoms with E-state index in [1.165, 1.54) is 48.2 Å². The van der Waals surface area contributed by atoms with Crippen molar-refractivity contribution < 1.29 is 0 Å². The molecule has 0 saturated carbocycles. The van der Waals surface area contributed by atoms with Crippen molar-refractivity contribution in [2.45, 2.75) is 40.0 Å². The highest BCUT2D eigenvalue weighted by Crippen LogP contribution is 2.16. The first-order chi connectivity index (χ1) is 9.16. The zero-order valence-electron chi connectivity index (χ0n) is 12.7. The van der Waals surface area contributed by atoms with E-state index in [4.69, 9.17) is 0 Å². The molecule has 0 radical (unpaired) electrons. The van der Waals surface area contributed by atoms with Gasteiger partial charge in [0.2, 0.25) is 0 Å². The topological polar surface area (TPSA) is 24.1 Å². The number of piperidine rings is 1. The molecule has 2 heteroatoms. The molecule has 1 saturated heterocycles. The standard InChI is InChI=1S/C17H28N2/c1-13-9-14(2)17(15(3)10-13)6-8-19-12-16-5-4-7-18-11-16/h9-10,16,18-19H,4-8,11-12H2,1-3H3. The Labute approximate surface area is 118 Å². The van der Waals surface area contributed by atoms with Gasteiger partial charge in [-0.05, 0) is 88.8 Å². The molecule has 2 rings (SSSR count). The molecule has 1 aliphatic heterocycles. The summed E-state index contributed by atoms with van der Waals surface area (Å²) in [6, 6.07) is 4.60. The van der Waals surface area contributed by atoms with Crippen LogP contribution in [0.2, 0.25) is 0 Å². The summed E-state index contributed by atoms with van der Waals surface area (Å²) in [5.41, 5.74) is 5.79. The maximum Gasteiger partial charge on any atom is -0.000803 e. The molecular weight excluding hydrogens is 232 g/mol. The van der Waals surface area contributed by atoms with Crippen LogP contribution in [0.4, 0.5) is 0 Å². The first-order valence-electron chi connectivity index (χ1n) is 7.65. The molecule has 19 heavy (non-hydrogen) atoms. The summed E-state index contributed by atoms with van der Waals surface area (Å²) in [5.74, 6) is 0.828. The highest BCUT2D eigenvalue weighted by molar-refractivity contribution is 5.37. The van der Waals surface area contributed by atoms with Gasteiger partial charge in [0.05, 0.1) is 0 Å². The summed E-state index contributed by atoms with van der Waals surface area (Å²) in [4.78, 5) is 0. The number of aryl methyl sites for hydroxylation is 3. The molecule has 2 nitrogen and oxygen atoms in total. The molecule has 1 unspecified atom stereocenters. The SMILES string of the molecule is Cc1cc(C)c(CCNCC2CCCNC2)c(C)c1. The Bertz CT molecular complexity index is 383. The monoisotopic (exact) mass is 260 g/mol. The lowest BCUT2D eigenvalue weighted by Gasteiger charge is -2.23. The van der Waals surface area contributed by atoms with Gasteiger partial charge in [-0.2, -0.15) is 0 Å². The average Bonchev–Trinajstić information content (AvgIpc) is 2.38. The highest BCUT2D eigenvalue weighted by atomic mass is 14.9. The molecule has 0 aromatic heterocycles. The first kappa shape index (κ1) is 14.5. The van der Waals surface area contributed by atoms with Gasteiger partial charge in [-0.25, -0.2) is 0 Å². The Balaban J connectivity index is 1.76.